The van der Waals surface area contributed by atoms with Crippen molar-refractivity contribution < 1.29 is 5.11 Å². The van der Waals surface area contributed by atoms with Gasteiger partial charge in [-0.15, -0.1) is 0 Å². The lowest BCUT2D eigenvalue weighted by atomic mass is 9.99. The number of aromatic nitrogens is 2. The molecule has 19 heavy (non-hydrogen) atoms. The molecule has 104 valence electrons. The number of aromatic amines is 1. The minimum atomic E-state index is -0.522. The minimum Gasteiger partial charge on any atom is -0.387 e. The van der Waals surface area contributed by atoms with Crippen LogP contribution in [0.2, 0.25) is 0 Å². The first kappa shape index (κ1) is 14.0. The molecule has 4 heteroatoms. The molecule has 0 aliphatic heterocycles. The molecule has 0 radical (unpaired) electrons. The zero-order valence-corrected chi connectivity index (χ0v) is 12.1. The van der Waals surface area contributed by atoms with Crippen molar-refractivity contribution in [3.05, 3.63) is 29.5 Å². The van der Waals surface area contributed by atoms with Gasteiger partial charge in [-0.1, -0.05) is 13.0 Å². The number of hydrogen-bond donors (Lipinski definition) is 3. The second-order valence-electron chi connectivity index (χ2n) is 6.02. The van der Waals surface area contributed by atoms with Crippen molar-refractivity contribution >= 4 is 10.9 Å². The molecule has 2 aromatic rings. The number of hydrogen-bond acceptors (Lipinski definition) is 3. The lowest BCUT2D eigenvalue weighted by Crippen LogP contribution is -2.38. The molecule has 0 saturated heterocycles. The number of aliphatic hydroxyl groups is 1. The number of benzene rings is 1. The van der Waals surface area contributed by atoms with Gasteiger partial charge < -0.3 is 10.4 Å². The van der Waals surface area contributed by atoms with E-state index in [1.165, 1.54) is 5.56 Å². The highest BCUT2D eigenvalue weighted by Gasteiger charge is 2.16. The van der Waals surface area contributed by atoms with E-state index in [2.05, 4.69) is 55.3 Å². The van der Waals surface area contributed by atoms with Crippen molar-refractivity contribution in [2.75, 3.05) is 6.54 Å². The summed E-state index contributed by atoms with van der Waals surface area (Å²) in [4.78, 5) is 0. The van der Waals surface area contributed by atoms with Crippen LogP contribution >= 0.6 is 0 Å². The number of nitrogens with one attached hydrogen (secondary N) is 2. The highest BCUT2D eigenvalue weighted by atomic mass is 16.3. The summed E-state index contributed by atoms with van der Waals surface area (Å²) in [5, 5.41) is 21.8. The van der Waals surface area contributed by atoms with Crippen LogP contribution in [-0.2, 0) is 6.42 Å². The summed E-state index contributed by atoms with van der Waals surface area (Å²) in [7, 11) is 0. The molecule has 0 fully saturated rings. The van der Waals surface area contributed by atoms with Crippen molar-refractivity contribution in [3.8, 4) is 0 Å². The maximum Gasteiger partial charge on any atom is 0.0921 e. The van der Waals surface area contributed by atoms with Gasteiger partial charge in [-0.2, -0.15) is 5.10 Å². The maximum atomic E-state index is 10.4. The molecule has 4 nitrogen and oxygen atoms in total. The molecule has 0 saturated carbocycles. The van der Waals surface area contributed by atoms with Crippen LogP contribution in [0.4, 0.5) is 0 Å². The van der Waals surface area contributed by atoms with Crippen LogP contribution in [0.3, 0.4) is 0 Å². The number of fused-ring (bicyclic) bond motifs is 1. The second kappa shape index (κ2) is 5.31. The van der Waals surface area contributed by atoms with Crippen LogP contribution < -0.4 is 5.32 Å². The van der Waals surface area contributed by atoms with Crippen LogP contribution in [0.25, 0.3) is 10.9 Å². The predicted molar refractivity (Wildman–Crippen MR) is 78.2 cm³/mol. The summed E-state index contributed by atoms with van der Waals surface area (Å²) in [6.45, 7) is 8.93. The maximum absolute atomic E-state index is 10.4. The van der Waals surface area contributed by atoms with Crippen LogP contribution in [-0.4, -0.2) is 27.4 Å². The summed E-state index contributed by atoms with van der Waals surface area (Å²) >= 11 is 0. The standard InChI is InChI=1S/C15H23N3O/c1-5-10-6-11(12-8-17-18-13(12)7-10)14(19)9-16-15(2,3)4/h6-8,14,16,19H,5,9H2,1-4H3,(H,17,18)/t14-/m0/s1. The summed E-state index contributed by atoms with van der Waals surface area (Å²) in [5.74, 6) is 0. The van der Waals surface area contributed by atoms with E-state index in [1.807, 2.05) is 0 Å². The van der Waals surface area contributed by atoms with Crippen LogP contribution in [0.1, 0.15) is 44.9 Å². The Labute approximate surface area is 114 Å². The van der Waals surface area contributed by atoms with E-state index < -0.39 is 6.10 Å². The van der Waals surface area contributed by atoms with E-state index in [9.17, 15) is 5.11 Å². The van der Waals surface area contributed by atoms with Crippen molar-refractivity contribution in [2.45, 2.75) is 45.8 Å². The van der Waals surface area contributed by atoms with E-state index in [1.54, 1.807) is 6.20 Å². The fourth-order valence-electron chi connectivity index (χ4n) is 2.13. The van der Waals surface area contributed by atoms with E-state index in [0.29, 0.717) is 6.54 Å². The van der Waals surface area contributed by atoms with Gasteiger partial charge in [0.25, 0.3) is 0 Å². The van der Waals surface area contributed by atoms with Gasteiger partial charge in [-0.3, -0.25) is 5.10 Å². The molecule has 1 aromatic carbocycles. The van der Waals surface area contributed by atoms with E-state index in [4.69, 9.17) is 0 Å². The summed E-state index contributed by atoms with van der Waals surface area (Å²) in [6.07, 6.45) is 2.21. The Morgan fingerprint density at radius 2 is 2.11 bits per heavy atom. The molecule has 3 N–H and O–H groups in total. The minimum absolute atomic E-state index is 0.00113. The first-order valence-corrected chi connectivity index (χ1v) is 6.79. The van der Waals surface area contributed by atoms with E-state index in [0.717, 1.165) is 22.9 Å². The van der Waals surface area contributed by atoms with Gasteiger partial charge in [-0.05, 0) is 44.4 Å². The average Bonchev–Trinajstić information content (AvgIpc) is 2.81. The molecule has 0 unspecified atom stereocenters. The lowest BCUT2D eigenvalue weighted by Gasteiger charge is -2.23. The molecule has 0 spiro atoms. The molecule has 0 amide bonds. The number of β-amino-alcohol motifs (C(OH)–C–C–N with tert-alkyl or cyclic N) is 1. The first-order valence-electron chi connectivity index (χ1n) is 6.79. The van der Waals surface area contributed by atoms with Gasteiger partial charge in [0, 0.05) is 17.5 Å². The largest absolute Gasteiger partial charge is 0.387 e. The van der Waals surface area contributed by atoms with Crippen LogP contribution in [0.15, 0.2) is 18.3 Å². The Kier molecular flexibility index (Phi) is 3.92. The highest BCUT2D eigenvalue weighted by molar-refractivity contribution is 5.82. The van der Waals surface area contributed by atoms with Crippen LogP contribution in [0, 0.1) is 0 Å². The number of H-pyrrole nitrogens is 1. The molecule has 1 atom stereocenters. The molecule has 0 bridgehead atoms. The zero-order valence-electron chi connectivity index (χ0n) is 12.1. The molecule has 1 heterocycles. The SMILES string of the molecule is CCc1cc([C@@H](O)CNC(C)(C)C)c2cn[nH]c2c1. The fraction of sp³-hybridized carbons (Fsp3) is 0.533. The normalized spacial score (nSPS) is 13.9. The number of nitrogens with zero attached hydrogens (tertiary/aromatic N) is 1. The Hall–Kier alpha value is -1.39. The molecule has 1 aromatic heterocycles. The lowest BCUT2D eigenvalue weighted by molar-refractivity contribution is 0.164. The van der Waals surface area contributed by atoms with Gasteiger partial charge >= 0.3 is 0 Å². The Bertz CT molecular complexity index is 554. The first-order chi connectivity index (χ1) is 8.90. The van der Waals surface area contributed by atoms with Gasteiger partial charge in [0.05, 0.1) is 17.8 Å². The summed E-state index contributed by atoms with van der Waals surface area (Å²) in [6, 6.07) is 4.17. The van der Waals surface area contributed by atoms with Crippen molar-refractivity contribution in [1.82, 2.24) is 15.5 Å². The van der Waals surface area contributed by atoms with Crippen molar-refractivity contribution in [3.63, 3.8) is 0 Å². The number of aryl methyl sites for hydroxylation is 1. The Balaban J connectivity index is 2.29. The van der Waals surface area contributed by atoms with Gasteiger partial charge in [-0.25, -0.2) is 0 Å². The van der Waals surface area contributed by atoms with E-state index >= 15 is 0 Å². The smallest absolute Gasteiger partial charge is 0.0921 e. The topological polar surface area (TPSA) is 60.9 Å². The molecule has 2 rings (SSSR count). The summed E-state index contributed by atoms with van der Waals surface area (Å²) < 4.78 is 0. The monoisotopic (exact) mass is 261 g/mol. The van der Waals surface area contributed by atoms with Crippen molar-refractivity contribution in [2.24, 2.45) is 0 Å². The third-order valence-electron chi connectivity index (χ3n) is 3.24. The van der Waals surface area contributed by atoms with Gasteiger partial charge in [0.2, 0.25) is 0 Å². The molecule has 0 aliphatic carbocycles. The Morgan fingerprint density at radius 1 is 1.37 bits per heavy atom. The van der Waals surface area contributed by atoms with Gasteiger partial charge in [0.15, 0.2) is 0 Å². The van der Waals surface area contributed by atoms with E-state index in [-0.39, 0.29) is 5.54 Å². The molecule has 0 aliphatic rings. The molecular weight excluding hydrogens is 238 g/mol. The highest BCUT2D eigenvalue weighted by Crippen LogP contribution is 2.25. The van der Waals surface area contributed by atoms with Crippen molar-refractivity contribution in [1.29, 1.82) is 0 Å². The predicted octanol–water partition coefficient (Wildman–Crippen LogP) is 2.55. The fourth-order valence-corrected chi connectivity index (χ4v) is 2.13. The Morgan fingerprint density at radius 3 is 2.74 bits per heavy atom. The summed E-state index contributed by atoms with van der Waals surface area (Å²) in [5.41, 5.74) is 3.14. The second-order valence-corrected chi connectivity index (χ2v) is 6.02. The van der Waals surface area contributed by atoms with Gasteiger partial charge in [0.1, 0.15) is 0 Å². The molecular formula is C15H23N3O. The third kappa shape index (κ3) is 3.33. The number of rotatable bonds is 4. The number of aliphatic hydroxyl groups excluding tert-OH is 1. The van der Waals surface area contributed by atoms with Crippen LogP contribution in [0.5, 0.6) is 0 Å². The average molecular weight is 261 g/mol. The third-order valence-corrected chi connectivity index (χ3v) is 3.24. The zero-order chi connectivity index (χ0) is 14.0. The quantitative estimate of drug-likeness (QED) is 0.792.